The van der Waals surface area contributed by atoms with E-state index in [1.165, 1.54) is 0 Å². The van der Waals surface area contributed by atoms with Crippen LogP contribution in [0.25, 0.3) is 0 Å². The van der Waals surface area contributed by atoms with Gasteiger partial charge in [-0.05, 0) is 37.0 Å². The predicted molar refractivity (Wildman–Crippen MR) is 74.7 cm³/mol. The molecular weight excluding hydrogens is 240 g/mol. The Hall–Kier alpha value is -1.51. The van der Waals surface area contributed by atoms with Crippen LogP contribution in [0.3, 0.4) is 0 Å². The van der Waals surface area contributed by atoms with Crippen molar-refractivity contribution >= 4 is 5.97 Å². The van der Waals surface area contributed by atoms with Crippen LogP contribution < -0.4 is 4.74 Å². The summed E-state index contributed by atoms with van der Waals surface area (Å²) in [5.74, 6) is 0.0858. The van der Waals surface area contributed by atoms with Crippen LogP contribution in [0, 0.1) is 6.92 Å². The van der Waals surface area contributed by atoms with Crippen LogP contribution in [0.2, 0.25) is 0 Å². The highest BCUT2D eigenvalue weighted by atomic mass is 16.5. The smallest absolute Gasteiger partial charge is 0.314 e. The van der Waals surface area contributed by atoms with E-state index in [0.29, 0.717) is 0 Å². The topological polar surface area (TPSA) is 46.5 Å². The molecule has 1 aromatic carbocycles. The molecule has 0 aliphatic heterocycles. The van der Waals surface area contributed by atoms with E-state index in [1.807, 2.05) is 25.1 Å². The van der Waals surface area contributed by atoms with Crippen molar-refractivity contribution in [3.63, 3.8) is 0 Å². The van der Waals surface area contributed by atoms with Gasteiger partial charge >= 0.3 is 5.97 Å². The summed E-state index contributed by atoms with van der Waals surface area (Å²) in [6, 6.07) is 5.83. The molecule has 1 N–H and O–H groups in total. The number of carbonyl (C=O) groups is 1. The molecule has 1 fully saturated rings. The van der Waals surface area contributed by atoms with Crippen molar-refractivity contribution in [1.82, 2.24) is 0 Å². The van der Waals surface area contributed by atoms with Crippen molar-refractivity contribution in [2.24, 2.45) is 0 Å². The molecule has 3 heteroatoms. The van der Waals surface area contributed by atoms with E-state index in [-0.39, 0.29) is 0 Å². The number of aryl methyl sites for hydroxylation is 1. The lowest BCUT2D eigenvalue weighted by Crippen LogP contribution is -2.35. The van der Waals surface area contributed by atoms with Crippen LogP contribution in [0.5, 0.6) is 5.75 Å². The van der Waals surface area contributed by atoms with E-state index < -0.39 is 11.4 Å². The largest absolute Gasteiger partial charge is 0.496 e. The molecule has 0 atom stereocenters. The van der Waals surface area contributed by atoms with Crippen LogP contribution in [-0.2, 0) is 10.2 Å². The van der Waals surface area contributed by atoms with Gasteiger partial charge < -0.3 is 9.84 Å². The second-order valence-corrected chi connectivity index (χ2v) is 5.49. The minimum atomic E-state index is -0.725. The monoisotopic (exact) mass is 262 g/mol. The van der Waals surface area contributed by atoms with Gasteiger partial charge in [-0.1, -0.05) is 37.8 Å². The van der Waals surface area contributed by atoms with Gasteiger partial charge in [0.1, 0.15) is 5.75 Å². The van der Waals surface area contributed by atoms with E-state index >= 15 is 0 Å². The van der Waals surface area contributed by atoms with Gasteiger partial charge in [-0.25, -0.2) is 0 Å². The zero-order valence-corrected chi connectivity index (χ0v) is 11.7. The van der Waals surface area contributed by atoms with Crippen molar-refractivity contribution in [3.05, 3.63) is 29.3 Å². The molecule has 0 spiro atoms. The fourth-order valence-corrected chi connectivity index (χ4v) is 3.08. The van der Waals surface area contributed by atoms with E-state index in [9.17, 15) is 9.90 Å². The van der Waals surface area contributed by atoms with E-state index in [2.05, 4.69) is 0 Å². The Labute approximate surface area is 114 Å². The van der Waals surface area contributed by atoms with Gasteiger partial charge in [0.15, 0.2) is 0 Å². The van der Waals surface area contributed by atoms with Gasteiger partial charge in [-0.2, -0.15) is 0 Å². The van der Waals surface area contributed by atoms with Gasteiger partial charge in [-0.3, -0.25) is 4.79 Å². The van der Waals surface area contributed by atoms with Crippen molar-refractivity contribution in [3.8, 4) is 5.75 Å². The first-order valence-corrected chi connectivity index (χ1v) is 6.99. The second kappa shape index (κ2) is 5.64. The van der Waals surface area contributed by atoms with Crippen molar-refractivity contribution < 1.29 is 14.6 Å². The van der Waals surface area contributed by atoms with Gasteiger partial charge in [0, 0.05) is 0 Å². The minimum Gasteiger partial charge on any atom is -0.496 e. The Morgan fingerprint density at radius 1 is 1.21 bits per heavy atom. The standard InChI is InChI=1S/C16H22O3/c1-12-7-8-13(11-14(12)19-2)16(15(17)18)9-5-3-4-6-10-16/h7-8,11H,3-6,9-10H2,1-2H3,(H,17,18). The number of carboxylic acid groups (broad SMARTS) is 1. The molecule has 1 aliphatic rings. The van der Waals surface area contributed by atoms with Crippen LogP contribution in [-0.4, -0.2) is 18.2 Å². The highest BCUT2D eigenvalue weighted by Gasteiger charge is 2.40. The summed E-state index contributed by atoms with van der Waals surface area (Å²) < 4.78 is 5.34. The van der Waals surface area contributed by atoms with E-state index in [1.54, 1.807) is 7.11 Å². The highest BCUT2D eigenvalue weighted by Crippen LogP contribution is 2.40. The fourth-order valence-electron chi connectivity index (χ4n) is 3.08. The summed E-state index contributed by atoms with van der Waals surface area (Å²) in [5.41, 5.74) is 1.21. The third-order valence-corrected chi connectivity index (χ3v) is 4.33. The SMILES string of the molecule is COc1cc(C2(C(=O)O)CCCCCC2)ccc1C. The molecule has 0 heterocycles. The normalized spacial score (nSPS) is 18.6. The maximum atomic E-state index is 11.9. The lowest BCUT2D eigenvalue weighted by atomic mass is 9.74. The average Bonchev–Trinajstić information content (AvgIpc) is 2.66. The number of aliphatic carboxylic acids is 1. The fraction of sp³-hybridized carbons (Fsp3) is 0.562. The van der Waals surface area contributed by atoms with Crippen LogP contribution >= 0.6 is 0 Å². The summed E-state index contributed by atoms with van der Waals surface area (Å²) in [6.07, 6.45) is 5.71. The summed E-state index contributed by atoms with van der Waals surface area (Å²) >= 11 is 0. The molecule has 104 valence electrons. The molecular formula is C16H22O3. The number of carboxylic acids is 1. The lowest BCUT2D eigenvalue weighted by molar-refractivity contribution is -0.144. The van der Waals surface area contributed by atoms with E-state index in [4.69, 9.17) is 4.74 Å². The number of ether oxygens (including phenoxy) is 1. The van der Waals surface area contributed by atoms with Gasteiger partial charge in [0.05, 0.1) is 12.5 Å². The first-order valence-electron chi connectivity index (χ1n) is 6.99. The van der Waals surface area contributed by atoms with Crippen LogP contribution in [0.15, 0.2) is 18.2 Å². The molecule has 1 saturated carbocycles. The molecule has 3 nitrogen and oxygen atoms in total. The number of hydrogen-bond acceptors (Lipinski definition) is 2. The molecule has 1 aromatic rings. The number of benzene rings is 1. The molecule has 0 unspecified atom stereocenters. The van der Waals surface area contributed by atoms with Crippen LogP contribution in [0.4, 0.5) is 0 Å². The average molecular weight is 262 g/mol. The molecule has 19 heavy (non-hydrogen) atoms. The first-order chi connectivity index (χ1) is 9.10. The number of hydrogen-bond donors (Lipinski definition) is 1. The lowest BCUT2D eigenvalue weighted by Gasteiger charge is -2.29. The Bertz CT molecular complexity index is 457. The Morgan fingerprint density at radius 3 is 2.37 bits per heavy atom. The van der Waals surface area contributed by atoms with Gasteiger partial charge in [-0.15, -0.1) is 0 Å². The Kier molecular flexibility index (Phi) is 4.13. The van der Waals surface area contributed by atoms with Crippen LogP contribution in [0.1, 0.15) is 49.7 Å². The third kappa shape index (κ3) is 2.60. The van der Waals surface area contributed by atoms with Crippen molar-refractivity contribution in [2.75, 3.05) is 7.11 Å². The summed E-state index contributed by atoms with van der Waals surface area (Å²) in [7, 11) is 1.63. The van der Waals surface area contributed by atoms with Crippen molar-refractivity contribution in [2.45, 2.75) is 50.9 Å². The molecule has 0 radical (unpaired) electrons. The first kappa shape index (κ1) is 13.9. The van der Waals surface area contributed by atoms with E-state index in [0.717, 1.165) is 55.4 Å². The zero-order chi connectivity index (χ0) is 13.9. The summed E-state index contributed by atoms with van der Waals surface area (Å²) in [6.45, 7) is 1.98. The maximum Gasteiger partial charge on any atom is 0.314 e. The Balaban J connectivity index is 2.46. The predicted octanol–water partition coefficient (Wildman–Crippen LogP) is 3.68. The Morgan fingerprint density at radius 2 is 1.84 bits per heavy atom. The molecule has 0 aromatic heterocycles. The molecule has 0 amide bonds. The third-order valence-electron chi connectivity index (χ3n) is 4.33. The summed E-state index contributed by atoms with van der Waals surface area (Å²) in [4.78, 5) is 11.9. The number of methoxy groups -OCH3 is 1. The maximum absolute atomic E-state index is 11.9. The number of rotatable bonds is 3. The molecule has 1 aliphatic carbocycles. The second-order valence-electron chi connectivity index (χ2n) is 5.49. The van der Waals surface area contributed by atoms with Crippen molar-refractivity contribution in [1.29, 1.82) is 0 Å². The highest BCUT2D eigenvalue weighted by molar-refractivity contribution is 5.81. The van der Waals surface area contributed by atoms with Gasteiger partial charge in [0.25, 0.3) is 0 Å². The van der Waals surface area contributed by atoms with Gasteiger partial charge in [0.2, 0.25) is 0 Å². The quantitative estimate of drug-likeness (QED) is 0.845. The zero-order valence-electron chi connectivity index (χ0n) is 11.7. The minimum absolute atomic E-state index is 0.694. The molecule has 0 bridgehead atoms. The molecule has 0 saturated heterocycles. The molecule has 2 rings (SSSR count). The summed E-state index contributed by atoms with van der Waals surface area (Å²) in [5, 5.41) is 9.76.